The monoisotopic (exact) mass is 409 g/mol. The lowest BCUT2D eigenvalue weighted by atomic mass is 10.0. The van der Waals surface area contributed by atoms with Gasteiger partial charge in [-0.05, 0) is 33.5 Å². The lowest BCUT2D eigenvalue weighted by Crippen LogP contribution is -2.18. The minimum absolute atomic E-state index is 0.0289. The highest BCUT2D eigenvalue weighted by atomic mass is 32.3. The maximum absolute atomic E-state index is 9.56. The van der Waals surface area contributed by atoms with Crippen LogP contribution in [0, 0.1) is 0 Å². The Morgan fingerprint density at radius 3 is 1.33 bits per heavy atom. The van der Waals surface area contributed by atoms with Gasteiger partial charge in [0.2, 0.25) is 0 Å². The minimum Gasteiger partial charge on any atom is -0.307 e. The molecule has 0 fully saturated rings. The highest BCUT2D eigenvalue weighted by Crippen LogP contribution is 2.12. The zero-order valence-corrected chi connectivity index (χ0v) is 19.4. The lowest BCUT2D eigenvalue weighted by Gasteiger charge is -2.12. The van der Waals surface area contributed by atoms with Gasteiger partial charge >= 0.3 is 10.4 Å². The van der Waals surface area contributed by atoms with Crippen LogP contribution in [0.3, 0.4) is 0 Å². The van der Waals surface area contributed by atoms with Crippen molar-refractivity contribution in [2.75, 3.05) is 26.7 Å². The summed E-state index contributed by atoms with van der Waals surface area (Å²) in [5.41, 5.74) is 0. The largest absolute Gasteiger partial charge is 0.397 e. The van der Waals surface area contributed by atoms with Gasteiger partial charge in [0.1, 0.15) is 0 Å². The van der Waals surface area contributed by atoms with Gasteiger partial charge in [-0.1, -0.05) is 97.3 Å². The van der Waals surface area contributed by atoms with E-state index in [-0.39, 0.29) is 6.61 Å². The molecule has 0 aliphatic carbocycles. The second kappa shape index (κ2) is 22.1. The molecule has 0 saturated heterocycles. The molecule has 0 aliphatic heterocycles. The second-order valence-electron chi connectivity index (χ2n) is 7.33. The molecule has 0 atom stereocenters. The molecule has 0 aromatic heterocycles. The molecule has 5 nitrogen and oxygen atoms in total. The van der Waals surface area contributed by atoms with Crippen LogP contribution in [0.25, 0.3) is 0 Å². The summed E-state index contributed by atoms with van der Waals surface area (Å²) in [5, 5.41) is 0. The molecule has 0 amide bonds. The Morgan fingerprint density at radius 1 is 0.704 bits per heavy atom. The first-order chi connectivity index (χ1) is 12.9. The van der Waals surface area contributed by atoms with Crippen LogP contribution in [0.5, 0.6) is 0 Å². The van der Waals surface area contributed by atoms with E-state index in [9.17, 15) is 8.42 Å². The van der Waals surface area contributed by atoms with Gasteiger partial charge in [-0.25, -0.2) is 4.18 Å². The molecule has 0 spiro atoms. The molecule has 0 bridgehead atoms. The highest BCUT2D eigenvalue weighted by molar-refractivity contribution is 7.80. The number of rotatable bonds is 18. The topological polar surface area (TPSA) is 66.8 Å². The van der Waals surface area contributed by atoms with Gasteiger partial charge in [-0.15, -0.1) is 0 Å². The summed E-state index contributed by atoms with van der Waals surface area (Å²) in [4.78, 5) is 2.42. The summed E-state index contributed by atoms with van der Waals surface area (Å²) in [6, 6.07) is 0. The normalized spacial score (nSPS) is 11.5. The fraction of sp³-hybridized carbons (Fsp3) is 1.00. The van der Waals surface area contributed by atoms with Crippen LogP contribution < -0.4 is 0 Å². The molecule has 0 heterocycles. The fourth-order valence-corrected chi connectivity index (χ4v) is 3.18. The standard InChI is InChI=1S/C19H41N.C2H6O4S/c1-4-6-7-8-9-10-11-12-13-14-15-16-17-18-19-20(3)5-2;1-2-6-7(3,4)5/h4-19H2,1-3H3;2H2,1H3,(H,3,4,5). The van der Waals surface area contributed by atoms with Crippen LogP contribution in [0.15, 0.2) is 0 Å². The molecule has 0 rings (SSSR count). The first-order valence-electron chi connectivity index (χ1n) is 11.2. The number of nitrogens with zero attached hydrogens (tertiary/aromatic N) is 1. The van der Waals surface area contributed by atoms with Crippen molar-refractivity contribution in [1.82, 2.24) is 4.90 Å². The van der Waals surface area contributed by atoms with Crippen molar-refractivity contribution in [1.29, 1.82) is 0 Å². The maximum Gasteiger partial charge on any atom is 0.397 e. The Hall–Kier alpha value is -0.170. The number of hydrogen-bond donors (Lipinski definition) is 1. The molecule has 27 heavy (non-hydrogen) atoms. The van der Waals surface area contributed by atoms with E-state index in [1.54, 1.807) is 0 Å². The van der Waals surface area contributed by atoms with Gasteiger partial charge in [0.15, 0.2) is 0 Å². The Bertz CT molecular complexity index is 374. The van der Waals surface area contributed by atoms with Crippen molar-refractivity contribution in [3.05, 3.63) is 0 Å². The van der Waals surface area contributed by atoms with Gasteiger partial charge in [0.05, 0.1) is 6.61 Å². The van der Waals surface area contributed by atoms with Crippen molar-refractivity contribution in [2.45, 2.75) is 111 Å². The Morgan fingerprint density at radius 2 is 1.07 bits per heavy atom. The third-order valence-electron chi connectivity index (χ3n) is 4.70. The van der Waals surface area contributed by atoms with Crippen molar-refractivity contribution in [3.63, 3.8) is 0 Å². The number of hydrogen-bond acceptors (Lipinski definition) is 4. The van der Waals surface area contributed by atoms with Gasteiger partial charge in [0, 0.05) is 0 Å². The number of unbranched alkanes of at least 4 members (excludes halogenated alkanes) is 13. The third-order valence-corrected chi connectivity index (χ3v) is 5.23. The molecule has 0 saturated carbocycles. The van der Waals surface area contributed by atoms with Crippen LogP contribution in [-0.4, -0.2) is 44.6 Å². The molecule has 1 N–H and O–H groups in total. The van der Waals surface area contributed by atoms with E-state index in [2.05, 4.69) is 30.0 Å². The molecular weight excluding hydrogens is 362 g/mol. The molecular formula is C21H47NO4S. The smallest absolute Gasteiger partial charge is 0.307 e. The average Bonchev–Trinajstić information content (AvgIpc) is 2.61. The van der Waals surface area contributed by atoms with E-state index in [1.165, 1.54) is 110 Å². The molecule has 6 heteroatoms. The van der Waals surface area contributed by atoms with Crippen molar-refractivity contribution in [3.8, 4) is 0 Å². The van der Waals surface area contributed by atoms with E-state index >= 15 is 0 Å². The first kappa shape index (κ1) is 29.0. The van der Waals surface area contributed by atoms with Crippen LogP contribution in [-0.2, 0) is 14.6 Å². The summed E-state index contributed by atoms with van der Waals surface area (Å²) in [7, 11) is -1.95. The fourth-order valence-electron chi connectivity index (χ4n) is 2.88. The van der Waals surface area contributed by atoms with E-state index in [0.29, 0.717) is 0 Å². The maximum atomic E-state index is 9.56. The zero-order valence-electron chi connectivity index (χ0n) is 18.5. The average molecular weight is 410 g/mol. The van der Waals surface area contributed by atoms with Crippen LogP contribution in [0.1, 0.15) is 111 Å². The predicted molar refractivity (Wildman–Crippen MR) is 117 cm³/mol. The van der Waals surface area contributed by atoms with Gasteiger partial charge in [-0.2, -0.15) is 8.42 Å². The van der Waals surface area contributed by atoms with Crippen molar-refractivity contribution in [2.24, 2.45) is 0 Å². The highest BCUT2D eigenvalue weighted by Gasteiger charge is 1.98. The van der Waals surface area contributed by atoms with Crippen LogP contribution >= 0.6 is 0 Å². The summed E-state index contributed by atoms with van der Waals surface area (Å²) in [6.45, 7) is 8.45. The van der Waals surface area contributed by atoms with Crippen LogP contribution in [0.2, 0.25) is 0 Å². The van der Waals surface area contributed by atoms with Crippen molar-refractivity contribution < 1.29 is 17.2 Å². The van der Waals surface area contributed by atoms with E-state index in [1.807, 2.05) is 0 Å². The lowest BCUT2D eigenvalue weighted by molar-refractivity contribution is 0.283. The van der Waals surface area contributed by atoms with Crippen molar-refractivity contribution >= 4 is 10.4 Å². The Labute approximate surface area is 170 Å². The SMILES string of the molecule is CCCCCCCCCCCCCCCCN(C)CC.CCOS(=O)(=O)O. The van der Waals surface area contributed by atoms with Gasteiger partial charge < -0.3 is 4.90 Å². The van der Waals surface area contributed by atoms with E-state index in [4.69, 9.17) is 4.55 Å². The summed E-state index contributed by atoms with van der Waals surface area (Å²) >= 11 is 0. The summed E-state index contributed by atoms with van der Waals surface area (Å²) in [5.74, 6) is 0. The van der Waals surface area contributed by atoms with Crippen LogP contribution in [0.4, 0.5) is 0 Å². The molecule has 166 valence electrons. The molecule has 0 radical (unpaired) electrons. The Balaban J connectivity index is 0. The molecule has 0 aromatic rings. The molecule has 0 unspecified atom stereocenters. The Kier molecular flexibility index (Phi) is 23.8. The zero-order chi connectivity index (χ0) is 20.8. The second-order valence-corrected chi connectivity index (χ2v) is 8.42. The summed E-state index contributed by atoms with van der Waals surface area (Å²) < 4.78 is 30.7. The van der Waals surface area contributed by atoms with E-state index < -0.39 is 10.4 Å². The minimum atomic E-state index is -4.17. The van der Waals surface area contributed by atoms with Gasteiger partial charge in [-0.3, -0.25) is 4.55 Å². The van der Waals surface area contributed by atoms with Gasteiger partial charge in [0.25, 0.3) is 0 Å². The third kappa shape index (κ3) is 30.8. The predicted octanol–water partition coefficient (Wildman–Crippen LogP) is 6.25. The molecule has 0 aromatic carbocycles. The van der Waals surface area contributed by atoms with E-state index in [0.717, 1.165) is 0 Å². The first-order valence-corrected chi connectivity index (χ1v) is 12.5. The molecule has 0 aliphatic rings. The quantitative estimate of drug-likeness (QED) is 0.214. The summed E-state index contributed by atoms with van der Waals surface area (Å²) in [6.07, 6.45) is 20.3.